The lowest BCUT2D eigenvalue weighted by Gasteiger charge is -2.05. The van der Waals surface area contributed by atoms with Crippen LogP contribution >= 0.6 is 11.6 Å². The second-order valence-electron chi connectivity index (χ2n) is 3.80. The van der Waals surface area contributed by atoms with Gasteiger partial charge in [0.15, 0.2) is 0 Å². The molecule has 0 bridgehead atoms. The van der Waals surface area contributed by atoms with E-state index in [4.69, 9.17) is 11.6 Å². The molecule has 1 aromatic rings. The Morgan fingerprint density at radius 2 is 1.89 bits per heavy atom. The van der Waals surface area contributed by atoms with Crippen molar-refractivity contribution in [3.05, 3.63) is 34.9 Å². The van der Waals surface area contributed by atoms with Gasteiger partial charge in [-0.15, -0.1) is 0 Å². The highest BCUT2D eigenvalue weighted by atomic mass is 35.5. The van der Waals surface area contributed by atoms with Crippen molar-refractivity contribution in [2.45, 2.75) is 19.3 Å². The minimum absolute atomic E-state index is 0.114. The van der Waals surface area contributed by atoms with Crippen LogP contribution in [0, 0.1) is 0 Å². The van der Waals surface area contributed by atoms with Crippen molar-refractivity contribution in [1.29, 1.82) is 0 Å². The lowest BCUT2D eigenvalue weighted by molar-refractivity contribution is -0.142. The number of hydrogen-bond acceptors (Lipinski definition) is 3. The van der Waals surface area contributed by atoms with Gasteiger partial charge in [-0.25, -0.2) is 0 Å². The summed E-state index contributed by atoms with van der Waals surface area (Å²) in [7, 11) is 1.31. The van der Waals surface area contributed by atoms with Crippen LogP contribution in [0.15, 0.2) is 24.3 Å². The van der Waals surface area contributed by atoms with Crippen molar-refractivity contribution in [2.75, 3.05) is 13.7 Å². The van der Waals surface area contributed by atoms with E-state index >= 15 is 0 Å². The number of nitrogens with one attached hydrogen (secondary N) is 1. The van der Waals surface area contributed by atoms with Gasteiger partial charge in [-0.3, -0.25) is 9.59 Å². The maximum absolute atomic E-state index is 11.4. The Hall–Kier alpha value is -1.55. The van der Waals surface area contributed by atoms with Crippen LogP contribution in [-0.4, -0.2) is 25.5 Å². The van der Waals surface area contributed by atoms with Gasteiger partial charge >= 0.3 is 5.97 Å². The summed E-state index contributed by atoms with van der Waals surface area (Å²) in [5.74, 6) is -0.516. The van der Waals surface area contributed by atoms with Crippen LogP contribution in [0.3, 0.4) is 0 Å². The van der Waals surface area contributed by atoms with Crippen molar-refractivity contribution in [2.24, 2.45) is 0 Å². The van der Waals surface area contributed by atoms with Crippen molar-refractivity contribution >= 4 is 23.5 Å². The van der Waals surface area contributed by atoms with Crippen LogP contribution in [0.1, 0.15) is 18.4 Å². The number of methoxy groups -OCH3 is 1. The summed E-state index contributed by atoms with van der Waals surface area (Å²) in [6.45, 7) is 0.543. The van der Waals surface area contributed by atoms with Crippen molar-refractivity contribution in [3.8, 4) is 0 Å². The molecule has 5 heteroatoms. The van der Waals surface area contributed by atoms with Crippen LogP contribution in [-0.2, 0) is 20.7 Å². The van der Waals surface area contributed by atoms with E-state index < -0.39 is 0 Å². The van der Waals surface area contributed by atoms with Gasteiger partial charge in [-0.1, -0.05) is 23.7 Å². The fourth-order valence-corrected chi connectivity index (χ4v) is 1.53. The van der Waals surface area contributed by atoms with E-state index in [2.05, 4.69) is 10.1 Å². The SMILES string of the molecule is COC(=O)CCC(=O)NCCc1ccc(Cl)cc1. The van der Waals surface area contributed by atoms with E-state index in [0.717, 1.165) is 12.0 Å². The first-order valence-corrected chi connectivity index (χ1v) is 6.07. The van der Waals surface area contributed by atoms with Gasteiger partial charge < -0.3 is 10.1 Å². The van der Waals surface area contributed by atoms with Gasteiger partial charge in [0.25, 0.3) is 0 Å². The van der Waals surface area contributed by atoms with Crippen molar-refractivity contribution < 1.29 is 14.3 Å². The van der Waals surface area contributed by atoms with Crippen LogP contribution in [0.4, 0.5) is 0 Å². The lowest BCUT2D eigenvalue weighted by Crippen LogP contribution is -2.26. The molecule has 4 nitrogen and oxygen atoms in total. The zero-order valence-electron chi connectivity index (χ0n) is 10.2. The molecule has 1 rings (SSSR count). The molecule has 0 fully saturated rings. The lowest BCUT2D eigenvalue weighted by atomic mass is 10.1. The van der Waals surface area contributed by atoms with E-state index in [0.29, 0.717) is 11.6 Å². The summed E-state index contributed by atoms with van der Waals surface area (Å²) in [6, 6.07) is 7.47. The Balaban J connectivity index is 2.19. The molecule has 0 aliphatic carbocycles. The largest absolute Gasteiger partial charge is 0.469 e. The molecule has 0 radical (unpaired) electrons. The number of ether oxygens (including phenoxy) is 1. The highest BCUT2D eigenvalue weighted by Crippen LogP contribution is 2.09. The Labute approximate surface area is 111 Å². The monoisotopic (exact) mass is 269 g/mol. The smallest absolute Gasteiger partial charge is 0.306 e. The number of hydrogen-bond donors (Lipinski definition) is 1. The summed E-state index contributed by atoms with van der Waals surface area (Å²) < 4.78 is 4.45. The minimum atomic E-state index is -0.372. The molecule has 18 heavy (non-hydrogen) atoms. The average Bonchev–Trinajstić information content (AvgIpc) is 2.38. The first-order valence-electron chi connectivity index (χ1n) is 5.70. The highest BCUT2D eigenvalue weighted by molar-refractivity contribution is 6.30. The number of carbonyl (C=O) groups excluding carboxylic acids is 2. The van der Waals surface area contributed by atoms with Crippen molar-refractivity contribution in [1.82, 2.24) is 5.32 Å². The van der Waals surface area contributed by atoms with Gasteiger partial charge in [0.1, 0.15) is 0 Å². The first kappa shape index (κ1) is 14.5. The van der Waals surface area contributed by atoms with Crippen LogP contribution in [0.25, 0.3) is 0 Å². The first-order chi connectivity index (χ1) is 8.61. The van der Waals surface area contributed by atoms with Gasteiger partial charge in [-0.05, 0) is 24.1 Å². The number of halogens is 1. The number of esters is 1. The fourth-order valence-electron chi connectivity index (χ4n) is 1.40. The molecule has 98 valence electrons. The van der Waals surface area contributed by atoms with Gasteiger partial charge in [0.05, 0.1) is 13.5 Å². The summed E-state index contributed by atoms with van der Waals surface area (Å²) in [6.07, 6.45) is 1.01. The second kappa shape index (κ2) is 7.71. The van der Waals surface area contributed by atoms with E-state index in [1.54, 1.807) is 0 Å². The average molecular weight is 270 g/mol. The molecule has 0 unspecified atom stereocenters. The molecule has 1 N–H and O–H groups in total. The van der Waals surface area contributed by atoms with Crippen LogP contribution < -0.4 is 5.32 Å². The van der Waals surface area contributed by atoms with E-state index in [9.17, 15) is 9.59 Å². The third-order valence-electron chi connectivity index (χ3n) is 2.43. The fraction of sp³-hybridized carbons (Fsp3) is 0.385. The molecule has 0 aliphatic heterocycles. The van der Waals surface area contributed by atoms with E-state index in [1.807, 2.05) is 24.3 Å². The van der Waals surface area contributed by atoms with Gasteiger partial charge in [0, 0.05) is 18.0 Å². The Morgan fingerprint density at radius 1 is 1.22 bits per heavy atom. The second-order valence-corrected chi connectivity index (χ2v) is 4.24. The third-order valence-corrected chi connectivity index (χ3v) is 2.68. The predicted molar refractivity (Wildman–Crippen MR) is 69.4 cm³/mol. The molecule has 0 spiro atoms. The number of carbonyl (C=O) groups is 2. The quantitative estimate of drug-likeness (QED) is 0.803. The minimum Gasteiger partial charge on any atom is -0.469 e. The summed E-state index contributed by atoms with van der Waals surface area (Å²) in [5.41, 5.74) is 1.10. The summed E-state index contributed by atoms with van der Waals surface area (Å²) in [5, 5.41) is 3.44. The normalized spacial score (nSPS) is 9.89. The topological polar surface area (TPSA) is 55.4 Å². The molecule has 1 amide bonds. The van der Waals surface area contributed by atoms with Crippen molar-refractivity contribution in [3.63, 3.8) is 0 Å². The predicted octanol–water partition coefficient (Wildman–Crippen LogP) is 1.95. The molecule has 0 atom stereocenters. The molecular formula is C13H16ClNO3. The number of amides is 1. The van der Waals surface area contributed by atoms with E-state index in [-0.39, 0.29) is 24.7 Å². The van der Waals surface area contributed by atoms with Gasteiger partial charge in [-0.2, -0.15) is 0 Å². The molecule has 0 saturated carbocycles. The molecule has 0 saturated heterocycles. The maximum atomic E-state index is 11.4. The summed E-state index contributed by atoms with van der Waals surface area (Å²) >= 11 is 5.77. The van der Waals surface area contributed by atoms with Crippen LogP contribution in [0.5, 0.6) is 0 Å². The number of benzene rings is 1. The third kappa shape index (κ3) is 5.68. The molecule has 1 aromatic carbocycles. The Bertz CT molecular complexity index is 403. The zero-order valence-corrected chi connectivity index (χ0v) is 11.0. The maximum Gasteiger partial charge on any atom is 0.306 e. The molecule has 0 aromatic heterocycles. The van der Waals surface area contributed by atoms with E-state index in [1.165, 1.54) is 7.11 Å². The van der Waals surface area contributed by atoms with Crippen LogP contribution in [0.2, 0.25) is 5.02 Å². The Kier molecular flexibility index (Phi) is 6.22. The van der Waals surface area contributed by atoms with Gasteiger partial charge in [0.2, 0.25) is 5.91 Å². The highest BCUT2D eigenvalue weighted by Gasteiger charge is 2.05. The molecular weight excluding hydrogens is 254 g/mol. The zero-order chi connectivity index (χ0) is 13.4. The summed E-state index contributed by atoms with van der Waals surface area (Å²) in [4.78, 5) is 22.2. The Morgan fingerprint density at radius 3 is 2.50 bits per heavy atom. The number of rotatable bonds is 6. The molecule has 0 heterocycles. The standard InChI is InChI=1S/C13H16ClNO3/c1-18-13(17)7-6-12(16)15-9-8-10-2-4-11(14)5-3-10/h2-5H,6-9H2,1H3,(H,15,16). The molecule has 0 aliphatic rings.